The number of anilines is 1. The summed E-state index contributed by atoms with van der Waals surface area (Å²) in [6.07, 6.45) is 0.137. The van der Waals surface area contributed by atoms with Crippen molar-refractivity contribution in [2.45, 2.75) is 13.0 Å². The lowest BCUT2D eigenvalue weighted by Crippen LogP contribution is -2.30. The summed E-state index contributed by atoms with van der Waals surface area (Å²) in [4.78, 5) is 39.9. The van der Waals surface area contributed by atoms with Gasteiger partial charge in [-0.1, -0.05) is 17.3 Å². The summed E-state index contributed by atoms with van der Waals surface area (Å²) in [6.45, 7) is -0.277. The lowest BCUT2D eigenvalue weighted by Gasteiger charge is -2.04. The second-order valence-corrected chi connectivity index (χ2v) is 5.97. The van der Waals surface area contributed by atoms with Crippen LogP contribution in [0.25, 0.3) is 10.9 Å². The molecule has 2 aromatic heterocycles. The minimum absolute atomic E-state index is 0.137. The largest absolute Gasteiger partial charge is 0.359 e. The van der Waals surface area contributed by atoms with Gasteiger partial charge in [0.1, 0.15) is 12.1 Å². The number of thiazole rings is 1. The molecule has 1 aromatic carbocycles. The van der Waals surface area contributed by atoms with E-state index in [1.165, 1.54) is 11.3 Å². The van der Waals surface area contributed by atoms with Gasteiger partial charge in [0.05, 0.1) is 17.5 Å². The van der Waals surface area contributed by atoms with Crippen LogP contribution >= 0.6 is 11.3 Å². The van der Waals surface area contributed by atoms with Crippen LogP contribution in [0.1, 0.15) is 5.69 Å². The third-order valence-electron chi connectivity index (χ3n) is 3.34. The second-order valence-electron chi connectivity index (χ2n) is 5.11. The van der Waals surface area contributed by atoms with Crippen LogP contribution in [0.5, 0.6) is 0 Å². The Balaban J connectivity index is 1.70. The maximum Gasteiger partial charge on any atom is 0.278 e. The third-order valence-corrected chi connectivity index (χ3v) is 4.15. The number of aromatic nitrogens is 4. The maximum absolute atomic E-state index is 12.3. The van der Waals surface area contributed by atoms with Gasteiger partial charge in [0.15, 0.2) is 5.13 Å². The Hall–Kier alpha value is -3.14. The number of rotatable bonds is 5. The van der Waals surface area contributed by atoms with Crippen LogP contribution in [0.2, 0.25) is 0 Å². The van der Waals surface area contributed by atoms with Gasteiger partial charge in [-0.25, -0.2) is 9.67 Å². The molecule has 0 saturated carbocycles. The van der Waals surface area contributed by atoms with Crippen LogP contribution < -0.4 is 16.2 Å². The van der Waals surface area contributed by atoms with Gasteiger partial charge in [0.25, 0.3) is 5.56 Å². The zero-order valence-electron chi connectivity index (χ0n) is 13.2. The number of carbonyl (C=O) groups excluding carboxylic acids is 2. The summed E-state index contributed by atoms with van der Waals surface area (Å²) in [5, 5.41) is 15.2. The first-order valence-electron chi connectivity index (χ1n) is 7.34. The Morgan fingerprint density at radius 2 is 2.04 bits per heavy atom. The van der Waals surface area contributed by atoms with E-state index in [1.54, 1.807) is 36.7 Å². The van der Waals surface area contributed by atoms with Gasteiger partial charge in [0.2, 0.25) is 11.8 Å². The molecule has 3 rings (SSSR count). The van der Waals surface area contributed by atoms with Gasteiger partial charge >= 0.3 is 0 Å². The number of carbonyl (C=O) groups is 2. The molecule has 128 valence electrons. The van der Waals surface area contributed by atoms with E-state index in [0.717, 1.165) is 4.68 Å². The summed E-state index contributed by atoms with van der Waals surface area (Å²) in [5.74, 6) is -0.617. The fourth-order valence-corrected chi connectivity index (χ4v) is 2.85. The van der Waals surface area contributed by atoms with Crippen molar-refractivity contribution in [3.8, 4) is 0 Å². The molecule has 0 unspecified atom stereocenters. The van der Waals surface area contributed by atoms with Gasteiger partial charge in [-0.3, -0.25) is 14.4 Å². The molecule has 25 heavy (non-hydrogen) atoms. The van der Waals surface area contributed by atoms with E-state index >= 15 is 0 Å². The van der Waals surface area contributed by atoms with Crippen molar-refractivity contribution in [3.63, 3.8) is 0 Å². The SMILES string of the molecule is CNC(=O)Cc1csc(NC(=O)Cn2nnc3ccccc3c2=O)n1. The van der Waals surface area contributed by atoms with Crippen LogP contribution in [0.4, 0.5) is 5.13 Å². The summed E-state index contributed by atoms with van der Waals surface area (Å²) in [7, 11) is 1.54. The molecule has 0 spiro atoms. The molecule has 10 heteroatoms. The molecule has 9 nitrogen and oxygen atoms in total. The van der Waals surface area contributed by atoms with Crippen LogP contribution in [0, 0.1) is 0 Å². The standard InChI is InChI=1S/C15H14N6O3S/c1-16-12(22)6-9-8-25-15(17-9)18-13(23)7-21-14(24)10-4-2-3-5-11(10)19-20-21/h2-5,8H,6-7H2,1H3,(H,16,22)(H,17,18,23). The molecular weight excluding hydrogens is 344 g/mol. The Kier molecular flexibility index (Phi) is 4.80. The molecule has 3 aromatic rings. The number of hydrogen-bond donors (Lipinski definition) is 2. The van der Waals surface area contributed by atoms with Crippen molar-refractivity contribution in [2.75, 3.05) is 12.4 Å². The van der Waals surface area contributed by atoms with E-state index in [-0.39, 0.29) is 24.4 Å². The first-order valence-corrected chi connectivity index (χ1v) is 8.22. The Bertz CT molecular complexity index is 996. The molecule has 0 aliphatic rings. The number of fused-ring (bicyclic) bond motifs is 1. The number of amides is 2. The molecule has 0 bridgehead atoms. The third kappa shape index (κ3) is 3.86. The van der Waals surface area contributed by atoms with Gasteiger partial charge < -0.3 is 10.6 Å². The van der Waals surface area contributed by atoms with E-state index in [0.29, 0.717) is 21.7 Å². The molecule has 0 aliphatic heterocycles. The maximum atomic E-state index is 12.3. The predicted octanol–water partition coefficient (Wildman–Crippen LogP) is 0.175. The van der Waals surface area contributed by atoms with Crippen molar-refractivity contribution in [1.82, 2.24) is 25.3 Å². The van der Waals surface area contributed by atoms with Crippen LogP contribution in [0.3, 0.4) is 0 Å². The summed E-state index contributed by atoms with van der Waals surface area (Å²) in [6, 6.07) is 6.79. The minimum atomic E-state index is -0.451. The summed E-state index contributed by atoms with van der Waals surface area (Å²) < 4.78 is 0.997. The number of nitrogens with zero attached hydrogens (tertiary/aromatic N) is 4. The number of nitrogens with one attached hydrogen (secondary N) is 2. The number of benzene rings is 1. The Morgan fingerprint density at radius 3 is 2.84 bits per heavy atom. The molecule has 0 saturated heterocycles. The average Bonchev–Trinajstić information content (AvgIpc) is 3.04. The first-order chi connectivity index (χ1) is 12.1. The fourth-order valence-electron chi connectivity index (χ4n) is 2.12. The monoisotopic (exact) mass is 358 g/mol. The van der Waals surface area contributed by atoms with E-state index in [4.69, 9.17) is 0 Å². The van der Waals surface area contributed by atoms with Crippen molar-refractivity contribution in [1.29, 1.82) is 0 Å². The van der Waals surface area contributed by atoms with Crippen LogP contribution in [-0.2, 0) is 22.6 Å². The van der Waals surface area contributed by atoms with Gasteiger partial charge in [-0.2, -0.15) is 0 Å². The quantitative estimate of drug-likeness (QED) is 0.671. The van der Waals surface area contributed by atoms with Crippen molar-refractivity contribution >= 4 is 39.2 Å². The minimum Gasteiger partial charge on any atom is -0.359 e. The Morgan fingerprint density at radius 1 is 1.24 bits per heavy atom. The molecule has 0 radical (unpaired) electrons. The molecule has 2 amide bonds. The topological polar surface area (TPSA) is 119 Å². The molecule has 0 aliphatic carbocycles. The lowest BCUT2D eigenvalue weighted by molar-refractivity contribution is -0.120. The molecule has 0 fully saturated rings. The molecule has 2 N–H and O–H groups in total. The predicted molar refractivity (Wildman–Crippen MR) is 92.3 cm³/mol. The number of hydrogen-bond acceptors (Lipinski definition) is 7. The molecular formula is C15H14N6O3S. The fraction of sp³-hybridized carbons (Fsp3) is 0.200. The highest BCUT2D eigenvalue weighted by Crippen LogP contribution is 2.15. The van der Waals surface area contributed by atoms with Gasteiger partial charge in [-0.05, 0) is 12.1 Å². The lowest BCUT2D eigenvalue weighted by atomic mass is 10.2. The van der Waals surface area contributed by atoms with E-state index in [1.807, 2.05) is 0 Å². The molecule has 2 heterocycles. The zero-order chi connectivity index (χ0) is 17.8. The van der Waals surface area contributed by atoms with Crippen LogP contribution in [0.15, 0.2) is 34.4 Å². The van der Waals surface area contributed by atoms with Crippen molar-refractivity contribution in [3.05, 3.63) is 45.7 Å². The number of likely N-dealkylation sites (N-methyl/N-ethyl adjacent to an activating group) is 1. The van der Waals surface area contributed by atoms with E-state index < -0.39 is 5.91 Å². The highest BCUT2D eigenvalue weighted by Gasteiger charge is 2.12. The van der Waals surface area contributed by atoms with E-state index in [2.05, 4.69) is 25.9 Å². The van der Waals surface area contributed by atoms with Crippen molar-refractivity contribution < 1.29 is 9.59 Å². The first kappa shape index (κ1) is 16.7. The highest BCUT2D eigenvalue weighted by molar-refractivity contribution is 7.13. The van der Waals surface area contributed by atoms with Crippen molar-refractivity contribution in [2.24, 2.45) is 0 Å². The average molecular weight is 358 g/mol. The Labute approximate surface area is 145 Å². The molecule has 0 atom stereocenters. The van der Waals surface area contributed by atoms with Crippen LogP contribution in [-0.4, -0.2) is 38.8 Å². The summed E-state index contributed by atoms with van der Waals surface area (Å²) >= 11 is 1.20. The van der Waals surface area contributed by atoms with Gasteiger partial charge in [0, 0.05) is 12.4 Å². The summed E-state index contributed by atoms with van der Waals surface area (Å²) in [5.41, 5.74) is 0.644. The normalized spacial score (nSPS) is 10.6. The zero-order valence-corrected chi connectivity index (χ0v) is 14.0. The van der Waals surface area contributed by atoms with Gasteiger partial charge in [-0.15, -0.1) is 16.4 Å². The second kappa shape index (κ2) is 7.18. The van der Waals surface area contributed by atoms with E-state index in [9.17, 15) is 14.4 Å². The highest BCUT2D eigenvalue weighted by atomic mass is 32.1. The smallest absolute Gasteiger partial charge is 0.278 e.